The third-order valence-electron chi connectivity index (χ3n) is 11.5. The van der Waals surface area contributed by atoms with Gasteiger partial charge in [0.1, 0.15) is 5.60 Å². The molecule has 1 saturated carbocycles. The molecule has 4 heterocycles. The van der Waals surface area contributed by atoms with Crippen LogP contribution in [0.4, 0.5) is 15.0 Å². The maximum atomic E-state index is 17.6. The Morgan fingerprint density at radius 3 is 2.51 bits per heavy atom. The molecular weight excluding hydrogens is 953 g/mol. The van der Waals surface area contributed by atoms with Crippen LogP contribution in [0.25, 0.3) is 32.8 Å². The zero-order valence-corrected chi connectivity index (χ0v) is 39.4. The van der Waals surface area contributed by atoms with Crippen LogP contribution < -0.4 is 14.4 Å². The number of likely N-dealkylation sites (tertiary alicyclic amines) is 1. The van der Waals surface area contributed by atoms with Gasteiger partial charge in [-0.05, 0) is 72.4 Å². The van der Waals surface area contributed by atoms with E-state index in [9.17, 15) is 4.79 Å². The second-order valence-corrected chi connectivity index (χ2v) is 29.5. The van der Waals surface area contributed by atoms with Gasteiger partial charge < -0.3 is 9.64 Å². The molecule has 57 heavy (non-hydrogen) atoms. The van der Waals surface area contributed by atoms with E-state index in [1.165, 1.54) is 19.3 Å². The molecule has 0 spiro atoms. The number of piperazine rings is 1. The van der Waals surface area contributed by atoms with Crippen molar-refractivity contribution in [3.05, 3.63) is 53.8 Å². The number of ether oxygens (including phenoxy) is 4. The zero-order chi connectivity index (χ0) is 39.7. The van der Waals surface area contributed by atoms with Crippen LogP contribution in [-0.2, 0) is 21.3 Å². The van der Waals surface area contributed by atoms with Gasteiger partial charge in [0.25, 0.3) is 0 Å². The third-order valence-corrected chi connectivity index (χ3v) is 17.8. The second-order valence-electron chi connectivity index (χ2n) is 16.9. The van der Waals surface area contributed by atoms with E-state index in [1.54, 1.807) is 7.11 Å². The number of hydrogen-bond acceptors (Lipinski definition) is 10. The fraction of sp³-hybridized carbons (Fsp3) is 0.512. The molecule has 2 atom stereocenters. The first kappa shape index (κ1) is 40.7. The van der Waals surface area contributed by atoms with Crippen molar-refractivity contribution in [3.63, 3.8) is 0 Å². The fourth-order valence-electron chi connectivity index (χ4n) is 8.73. The maximum absolute atomic E-state index is 17.6. The molecule has 4 fully saturated rings. The third kappa shape index (κ3) is 9.08. The van der Waals surface area contributed by atoms with Crippen molar-refractivity contribution in [2.75, 3.05) is 58.1 Å². The van der Waals surface area contributed by atoms with Crippen LogP contribution in [0.5, 0.6) is 11.8 Å². The topological polar surface area (TPSA) is 89.5 Å². The molecule has 14 heteroatoms. The first-order valence-electron chi connectivity index (χ1n) is 20.0. The Morgan fingerprint density at radius 2 is 1.81 bits per heavy atom. The predicted molar refractivity (Wildman–Crippen MR) is 226 cm³/mol. The number of amides is 1. The molecule has 8 rings (SSSR count). The molecule has 3 saturated heterocycles. The van der Waals surface area contributed by atoms with Gasteiger partial charge in [0.15, 0.2) is 0 Å². The number of halogens is 1. The average Bonchev–Trinajstić information content (AvgIpc) is 3.90. The summed E-state index contributed by atoms with van der Waals surface area (Å²) >= 11 is 3.84. The van der Waals surface area contributed by atoms with Gasteiger partial charge in [-0.15, -0.1) is 0 Å². The van der Waals surface area contributed by atoms with Crippen LogP contribution in [0.1, 0.15) is 71.3 Å². The summed E-state index contributed by atoms with van der Waals surface area (Å²) in [6.07, 6.45) is 7.38. The van der Waals surface area contributed by atoms with E-state index >= 15 is 4.39 Å². The molecular formula is C43H49FN5O5PSTl+. The number of carbonyl (C=O) groups is 1. The number of methoxy groups -OCH3 is 1. The number of fused-ring (bicyclic) bond motifs is 4. The first-order chi connectivity index (χ1) is 27.5. The van der Waals surface area contributed by atoms with Crippen molar-refractivity contribution in [2.24, 2.45) is 5.41 Å². The molecule has 4 aliphatic rings. The molecule has 1 aromatic heterocycles. The molecule has 2 bridgehead atoms. The molecule has 1 amide bonds. The van der Waals surface area contributed by atoms with Gasteiger partial charge in [-0.2, -0.15) is 0 Å². The van der Waals surface area contributed by atoms with E-state index in [0.29, 0.717) is 47.8 Å². The molecule has 0 radical (unpaired) electrons. The number of aromatic nitrogens is 2. The molecule has 2 unspecified atom stereocenters. The van der Waals surface area contributed by atoms with Crippen LogP contribution in [0.3, 0.4) is 0 Å². The van der Waals surface area contributed by atoms with Crippen molar-refractivity contribution < 1.29 is 28.1 Å². The van der Waals surface area contributed by atoms with E-state index in [2.05, 4.69) is 19.2 Å². The average molecular weight is 1000 g/mol. The Hall–Kier alpha value is -3.09. The standard InChI is InChI=1S/C43H49FN5O5.PS.Tl/c1-6-28-11-10-12-29-21-32(53-27-51-5)22-35(36(28)29)33-15-16-34-38(37(33)44)45-40(52-26-43(17-18-43)25-47-19-8-7-9-20-47)46-39(34)48-23-30-13-14-31(24-48)49(30)41(50)54-42(2,3)4;1-2;/h10-12,15-16,21-22,30-31H,7-9,13-14,17-20,23-27H2,2-5H3;;/q;-1;+2. The Kier molecular flexibility index (Phi) is 12.3. The molecule has 0 N–H and O–H groups in total. The van der Waals surface area contributed by atoms with E-state index in [4.69, 9.17) is 40.7 Å². The van der Waals surface area contributed by atoms with Crippen LogP contribution in [-0.4, -0.2) is 120 Å². The zero-order valence-electron chi connectivity index (χ0n) is 33.2. The predicted octanol–water partition coefficient (Wildman–Crippen LogP) is 8.14. The Labute approximate surface area is 351 Å². The number of carbonyl (C=O) groups excluding carboxylic acids is 1. The number of benzene rings is 3. The molecule has 3 aromatic carbocycles. The van der Waals surface area contributed by atoms with Crippen molar-refractivity contribution in [2.45, 2.75) is 83.4 Å². The van der Waals surface area contributed by atoms with Gasteiger partial charge in [0, 0.05) is 12.0 Å². The van der Waals surface area contributed by atoms with Crippen molar-refractivity contribution in [3.8, 4) is 32.3 Å². The monoisotopic (exact) mass is 1000 g/mol. The summed E-state index contributed by atoms with van der Waals surface area (Å²) in [5.41, 5.74) is 1.51. The summed E-state index contributed by atoms with van der Waals surface area (Å²) in [4.78, 5) is 29.9. The van der Waals surface area contributed by atoms with Crippen molar-refractivity contribution in [1.29, 1.82) is 0 Å². The molecule has 3 aliphatic heterocycles. The summed E-state index contributed by atoms with van der Waals surface area (Å²) in [6, 6.07) is 13.5. The van der Waals surface area contributed by atoms with Gasteiger partial charge in [0.05, 0.1) is 12.1 Å². The summed E-state index contributed by atoms with van der Waals surface area (Å²) in [6.45, 7) is 10.5. The van der Waals surface area contributed by atoms with E-state index in [-0.39, 0.29) is 41.9 Å². The molecule has 1 aliphatic carbocycles. The van der Waals surface area contributed by atoms with Gasteiger partial charge in [-0.3, -0.25) is 4.90 Å². The number of hydrogen-bond donors (Lipinski definition) is 0. The Morgan fingerprint density at radius 1 is 1.04 bits per heavy atom. The molecule has 10 nitrogen and oxygen atoms in total. The van der Waals surface area contributed by atoms with Crippen LogP contribution in [0, 0.1) is 20.6 Å². The summed E-state index contributed by atoms with van der Waals surface area (Å²) in [5, 5.41) is 2.32. The Balaban J connectivity index is 1.21. The second kappa shape index (κ2) is 17.3. The molecule has 296 valence electrons. The van der Waals surface area contributed by atoms with Crippen molar-refractivity contribution in [1.82, 2.24) is 19.8 Å². The Bertz CT molecular complexity index is 2290. The number of anilines is 1. The minimum absolute atomic E-state index is 0.0522. The summed E-state index contributed by atoms with van der Waals surface area (Å²) < 4.78 is 45.4. The summed E-state index contributed by atoms with van der Waals surface area (Å²) in [7, 11) is 1.57. The van der Waals surface area contributed by atoms with Crippen LogP contribution in [0.2, 0.25) is 0 Å². The quantitative estimate of drug-likeness (QED) is 0.0672. The number of rotatable bonds is 10. The minimum atomic E-state index is -1.37. The fourth-order valence-corrected chi connectivity index (χ4v) is 12.2. The van der Waals surface area contributed by atoms with Gasteiger partial charge in [0.2, 0.25) is 0 Å². The van der Waals surface area contributed by atoms with Crippen molar-refractivity contribution >= 4 is 72.5 Å². The van der Waals surface area contributed by atoms with Gasteiger partial charge in [-0.1, -0.05) is 6.42 Å². The molecule has 4 aromatic rings. The van der Waals surface area contributed by atoms with Gasteiger partial charge in [-0.25, -0.2) is 4.79 Å². The summed E-state index contributed by atoms with van der Waals surface area (Å²) in [5.74, 6) is 4.07. The number of nitrogens with zero attached hydrogens (tertiary/aromatic N) is 5. The first-order valence-corrected chi connectivity index (χ1v) is 30.3. The van der Waals surface area contributed by atoms with Crippen LogP contribution in [0.15, 0.2) is 42.5 Å². The number of piperidine rings is 1. The van der Waals surface area contributed by atoms with E-state index in [0.717, 1.165) is 65.7 Å². The van der Waals surface area contributed by atoms with E-state index < -0.39 is 34.5 Å². The normalized spacial score (nSPS) is 20.2. The SMILES string of the molecule is COCOc1cc(-c2ccc3c(N4CC5CCC(C4)N5C(=O)OC(C)(C)C)nc(OCC4(CN5CCCCC5)CC4)nc3c2F)c2c(C#[C][Tl]=[P+]=S)cccc2c1. The van der Waals surface area contributed by atoms with Gasteiger partial charge >= 0.3 is 226 Å². The van der Waals surface area contributed by atoms with E-state index in [1.807, 2.05) is 68.1 Å². The van der Waals surface area contributed by atoms with Crippen LogP contribution >= 0.6 is 4.00 Å².